The number of benzene rings is 1. The van der Waals surface area contributed by atoms with Crippen LogP contribution in [0.2, 0.25) is 0 Å². The maximum absolute atomic E-state index is 12.1. The fourth-order valence-corrected chi connectivity index (χ4v) is 2.03. The van der Waals surface area contributed by atoms with E-state index in [0.29, 0.717) is 18.0 Å². The molecular formula is C16H19NO2. The summed E-state index contributed by atoms with van der Waals surface area (Å²) in [5, 5.41) is 11.7. The average molecular weight is 257 g/mol. The first-order valence-corrected chi connectivity index (χ1v) is 6.71. The molecule has 0 bridgehead atoms. The van der Waals surface area contributed by atoms with Crippen molar-refractivity contribution in [1.29, 1.82) is 0 Å². The molecule has 3 heteroatoms. The lowest BCUT2D eigenvalue weighted by molar-refractivity contribution is 0.0917. The first kappa shape index (κ1) is 13.6. The van der Waals surface area contributed by atoms with Crippen molar-refractivity contribution in [3.63, 3.8) is 0 Å². The Morgan fingerprint density at radius 3 is 2.84 bits per heavy atom. The third-order valence-electron chi connectivity index (χ3n) is 3.25. The van der Waals surface area contributed by atoms with Crippen molar-refractivity contribution in [2.75, 3.05) is 6.61 Å². The molecule has 0 spiro atoms. The van der Waals surface area contributed by atoms with E-state index < -0.39 is 0 Å². The van der Waals surface area contributed by atoms with Crippen molar-refractivity contribution < 1.29 is 9.90 Å². The van der Waals surface area contributed by atoms with Gasteiger partial charge in [-0.2, -0.15) is 0 Å². The summed E-state index contributed by atoms with van der Waals surface area (Å²) >= 11 is 0. The quantitative estimate of drug-likeness (QED) is 0.814. The molecule has 0 aliphatic heterocycles. The molecule has 100 valence electrons. The van der Waals surface area contributed by atoms with Gasteiger partial charge in [-0.15, -0.1) is 0 Å². The predicted molar refractivity (Wildman–Crippen MR) is 74.9 cm³/mol. The van der Waals surface area contributed by atoms with Crippen molar-refractivity contribution >= 4 is 5.91 Å². The number of aliphatic hydroxyl groups is 1. The lowest BCUT2D eigenvalue weighted by atomic mass is 9.93. The minimum Gasteiger partial charge on any atom is -0.395 e. The second-order valence-electron chi connectivity index (χ2n) is 4.96. The number of aryl methyl sites for hydroxylation is 1. The van der Waals surface area contributed by atoms with Crippen LogP contribution in [0.15, 0.2) is 18.2 Å². The number of hydrogen-bond donors (Lipinski definition) is 2. The summed E-state index contributed by atoms with van der Waals surface area (Å²) in [6.45, 7) is 2.02. The molecule has 1 fully saturated rings. The van der Waals surface area contributed by atoms with Crippen LogP contribution in [0.1, 0.15) is 47.2 Å². The van der Waals surface area contributed by atoms with Gasteiger partial charge in [-0.05, 0) is 49.9 Å². The molecule has 1 aliphatic rings. The van der Waals surface area contributed by atoms with Crippen LogP contribution in [0.25, 0.3) is 0 Å². The number of amides is 1. The Kier molecular flexibility index (Phi) is 4.59. The summed E-state index contributed by atoms with van der Waals surface area (Å²) in [5.41, 5.74) is 2.52. The van der Waals surface area contributed by atoms with Gasteiger partial charge in [0.2, 0.25) is 0 Å². The van der Waals surface area contributed by atoms with Crippen molar-refractivity contribution in [2.24, 2.45) is 0 Å². The highest BCUT2D eigenvalue weighted by atomic mass is 16.2. The second-order valence-corrected chi connectivity index (χ2v) is 4.96. The van der Waals surface area contributed by atoms with Gasteiger partial charge in [0.25, 0.3) is 5.91 Å². The summed E-state index contributed by atoms with van der Waals surface area (Å²) in [6.07, 6.45) is 3.83. The molecule has 2 N–H and O–H groups in total. The molecule has 0 saturated heterocycles. The van der Waals surface area contributed by atoms with E-state index in [9.17, 15) is 4.79 Å². The first-order valence-electron chi connectivity index (χ1n) is 6.71. The van der Waals surface area contributed by atoms with Crippen LogP contribution in [0, 0.1) is 18.8 Å². The van der Waals surface area contributed by atoms with Gasteiger partial charge >= 0.3 is 0 Å². The zero-order valence-corrected chi connectivity index (χ0v) is 11.2. The minimum absolute atomic E-state index is 0.0152. The summed E-state index contributed by atoms with van der Waals surface area (Å²) in [5.74, 6) is 5.83. The molecule has 1 amide bonds. The van der Waals surface area contributed by atoms with Gasteiger partial charge in [0.1, 0.15) is 0 Å². The fraction of sp³-hybridized carbons (Fsp3) is 0.438. The van der Waals surface area contributed by atoms with E-state index in [2.05, 4.69) is 17.2 Å². The Labute approximate surface area is 114 Å². The van der Waals surface area contributed by atoms with Gasteiger partial charge in [-0.25, -0.2) is 0 Å². The molecule has 1 aliphatic carbocycles. The van der Waals surface area contributed by atoms with Crippen molar-refractivity contribution in [1.82, 2.24) is 5.32 Å². The Morgan fingerprint density at radius 1 is 1.42 bits per heavy atom. The molecule has 1 aromatic rings. The van der Waals surface area contributed by atoms with E-state index in [1.165, 1.54) is 6.42 Å². The Bertz CT molecular complexity index is 521. The van der Waals surface area contributed by atoms with E-state index in [1.807, 2.05) is 25.1 Å². The Morgan fingerprint density at radius 2 is 2.21 bits per heavy atom. The van der Waals surface area contributed by atoms with Crippen molar-refractivity contribution in [2.45, 2.75) is 38.6 Å². The standard InChI is InChI=1S/C16H19NO2/c1-12-9-13(5-2-3-8-18)11-14(10-12)16(19)17-15-6-4-7-15/h9-11,15,18H,3-4,6-8H2,1H3,(H,17,19). The smallest absolute Gasteiger partial charge is 0.251 e. The van der Waals surface area contributed by atoms with Crippen LogP contribution in [-0.2, 0) is 0 Å². The number of nitrogens with one attached hydrogen (secondary N) is 1. The van der Waals surface area contributed by atoms with Crippen LogP contribution in [-0.4, -0.2) is 23.7 Å². The topological polar surface area (TPSA) is 49.3 Å². The highest BCUT2D eigenvalue weighted by Crippen LogP contribution is 2.19. The molecule has 0 unspecified atom stereocenters. The van der Waals surface area contributed by atoms with Gasteiger partial charge in [0.05, 0.1) is 6.61 Å². The summed E-state index contributed by atoms with van der Waals surface area (Å²) < 4.78 is 0. The van der Waals surface area contributed by atoms with Gasteiger partial charge in [-0.3, -0.25) is 4.79 Å². The van der Waals surface area contributed by atoms with Gasteiger partial charge in [0.15, 0.2) is 0 Å². The normalized spacial score (nSPS) is 14.2. The third-order valence-corrected chi connectivity index (χ3v) is 3.25. The number of carbonyl (C=O) groups is 1. The molecule has 0 radical (unpaired) electrons. The third kappa shape index (κ3) is 3.84. The van der Waals surface area contributed by atoms with Crippen molar-refractivity contribution in [3.8, 4) is 11.8 Å². The van der Waals surface area contributed by atoms with E-state index in [-0.39, 0.29) is 12.5 Å². The molecule has 1 saturated carbocycles. The summed E-state index contributed by atoms with van der Waals surface area (Å²) in [6, 6.07) is 5.98. The first-order chi connectivity index (χ1) is 9.19. The fourth-order valence-electron chi connectivity index (χ4n) is 2.03. The lowest BCUT2D eigenvalue weighted by Gasteiger charge is -2.26. The number of carbonyl (C=O) groups excluding carboxylic acids is 1. The Balaban J connectivity index is 2.11. The average Bonchev–Trinajstić information content (AvgIpc) is 2.33. The molecule has 19 heavy (non-hydrogen) atoms. The van der Waals surface area contributed by atoms with Crippen LogP contribution in [0.3, 0.4) is 0 Å². The number of rotatable bonds is 3. The van der Waals surface area contributed by atoms with Crippen LogP contribution in [0.4, 0.5) is 0 Å². The Hall–Kier alpha value is -1.79. The monoisotopic (exact) mass is 257 g/mol. The maximum atomic E-state index is 12.1. The largest absolute Gasteiger partial charge is 0.395 e. The van der Waals surface area contributed by atoms with Crippen molar-refractivity contribution in [3.05, 3.63) is 34.9 Å². The molecule has 0 atom stereocenters. The molecule has 3 nitrogen and oxygen atoms in total. The van der Waals surface area contributed by atoms with Gasteiger partial charge in [0, 0.05) is 23.6 Å². The summed E-state index contributed by atoms with van der Waals surface area (Å²) in [7, 11) is 0. The molecule has 2 rings (SSSR count). The second kappa shape index (κ2) is 6.40. The molecule has 1 aromatic carbocycles. The van der Waals surface area contributed by atoms with E-state index in [0.717, 1.165) is 24.0 Å². The minimum atomic E-state index is -0.0152. The molecule has 0 heterocycles. The molecule has 0 aromatic heterocycles. The van der Waals surface area contributed by atoms with Crippen LogP contribution >= 0.6 is 0 Å². The van der Waals surface area contributed by atoms with Gasteiger partial charge < -0.3 is 10.4 Å². The maximum Gasteiger partial charge on any atom is 0.251 e. The van der Waals surface area contributed by atoms with E-state index in [4.69, 9.17) is 5.11 Å². The van der Waals surface area contributed by atoms with E-state index in [1.54, 1.807) is 0 Å². The number of hydrogen-bond acceptors (Lipinski definition) is 2. The summed E-state index contributed by atoms with van der Waals surface area (Å²) in [4.78, 5) is 12.1. The zero-order valence-electron chi connectivity index (χ0n) is 11.2. The van der Waals surface area contributed by atoms with Crippen LogP contribution in [0.5, 0.6) is 0 Å². The zero-order chi connectivity index (χ0) is 13.7. The van der Waals surface area contributed by atoms with Gasteiger partial charge in [-0.1, -0.05) is 11.8 Å². The highest BCUT2D eigenvalue weighted by Gasteiger charge is 2.20. The SMILES string of the molecule is Cc1cc(C#CCCO)cc(C(=O)NC2CCC2)c1. The van der Waals surface area contributed by atoms with Crippen LogP contribution < -0.4 is 5.32 Å². The number of aliphatic hydroxyl groups excluding tert-OH is 1. The lowest BCUT2D eigenvalue weighted by Crippen LogP contribution is -2.39. The highest BCUT2D eigenvalue weighted by molar-refractivity contribution is 5.95. The molecular weight excluding hydrogens is 238 g/mol. The van der Waals surface area contributed by atoms with E-state index >= 15 is 0 Å². The predicted octanol–water partition coefficient (Wildman–Crippen LogP) is 2.01.